The predicted octanol–water partition coefficient (Wildman–Crippen LogP) is 4.14. The summed E-state index contributed by atoms with van der Waals surface area (Å²) in [5, 5.41) is 13.4. The zero-order valence-electron chi connectivity index (χ0n) is 12.3. The quantitative estimate of drug-likeness (QED) is 0.891. The topological polar surface area (TPSA) is 49.3 Å². The molecule has 114 valence electrons. The largest absolute Gasteiger partial charge is 0.389 e. The van der Waals surface area contributed by atoms with Gasteiger partial charge in [0.2, 0.25) is 5.91 Å². The van der Waals surface area contributed by atoms with Crippen molar-refractivity contribution in [3.8, 4) is 0 Å². The Labute approximate surface area is 134 Å². The molecule has 0 aromatic heterocycles. The molecule has 1 saturated carbocycles. The molecule has 22 heavy (non-hydrogen) atoms. The van der Waals surface area contributed by atoms with Gasteiger partial charge in [0, 0.05) is 22.2 Å². The van der Waals surface area contributed by atoms with Crippen LogP contribution in [0.5, 0.6) is 0 Å². The molecule has 2 aromatic rings. The molecule has 1 amide bonds. The lowest BCUT2D eigenvalue weighted by atomic mass is 10.1. The summed E-state index contributed by atoms with van der Waals surface area (Å²) >= 11 is 6.19. The Morgan fingerprint density at radius 1 is 1.23 bits per heavy atom. The van der Waals surface area contributed by atoms with Crippen molar-refractivity contribution >= 4 is 23.2 Å². The standard InChI is InChI=1S/C18H18ClNO2/c1-11(21)12-6-3-5-9-17(12)20-18(22)15-10-14(15)13-7-2-4-8-16(13)19/h2-9,11,14-15,21H,10H2,1H3,(H,20,22). The Bertz CT molecular complexity index is 699. The molecule has 4 heteroatoms. The van der Waals surface area contributed by atoms with Gasteiger partial charge in [-0.2, -0.15) is 0 Å². The maximum Gasteiger partial charge on any atom is 0.228 e. The van der Waals surface area contributed by atoms with Gasteiger partial charge in [0.1, 0.15) is 0 Å². The van der Waals surface area contributed by atoms with Crippen molar-refractivity contribution in [2.45, 2.75) is 25.4 Å². The number of halogens is 1. The summed E-state index contributed by atoms with van der Waals surface area (Å²) in [6.07, 6.45) is 0.196. The average Bonchev–Trinajstić information content (AvgIpc) is 3.28. The van der Waals surface area contributed by atoms with Crippen LogP contribution in [0.15, 0.2) is 48.5 Å². The fourth-order valence-corrected chi connectivity index (χ4v) is 3.08. The van der Waals surface area contributed by atoms with Crippen LogP contribution >= 0.6 is 11.6 Å². The summed E-state index contributed by atoms with van der Waals surface area (Å²) in [6.45, 7) is 1.69. The molecule has 3 unspecified atom stereocenters. The normalized spacial score (nSPS) is 21.2. The average molecular weight is 316 g/mol. The van der Waals surface area contributed by atoms with E-state index in [2.05, 4.69) is 5.32 Å². The van der Waals surface area contributed by atoms with Gasteiger partial charge in [-0.05, 0) is 37.0 Å². The molecule has 3 nitrogen and oxygen atoms in total. The third kappa shape index (κ3) is 3.01. The summed E-state index contributed by atoms with van der Waals surface area (Å²) in [6, 6.07) is 15.0. The first-order valence-corrected chi connectivity index (χ1v) is 7.78. The number of hydrogen-bond donors (Lipinski definition) is 2. The Balaban J connectivity index is 1.71. The van der Waals surface area contributed by atoms with E-state index >= 15 is 0 Å². The number of hydrogen-bond acceptors (Lipinski definition) is 2. The fourth-order valence-electron chi connectivity index (χ4n) is 2.80. The number of nitrogens with one attached hydrogen (secondary N) is 1. The third-order valence-corrected chi connectivity index (χ3v) is 4.44. The van der Waals surface area contributed by atoms with E-state index in [0.717, 1.165) is 17.5 Å². The van der Waals surface area contributed by atoms with Crippen molar-refractivity contribution in [1.82, 2.24) is 0 Å². The molecule has 0 heterocycles. The second-order valence-corrected chi connectivity index (χ2v) is 6.13. The number of para-hydroxylation sites is 1. The Morgan fingerprint density at radius 3 is 2.64 bits per heavy atom. The minimum Gasteiger partial charge on any atom is -0.389 e. The molecule has 3 atom stereocenters. The zero-order chi connectivity index (χ0) is 15.7. The molecule has 1 aliphatic rings. The number of carbonyl (C=O) groups is 1. The minimum absolute atomic E-state index is 0.0157. The van der Waals surface area contributed by atoms with Gasteiger partial charge in [-0.25, -0.2) is 0 Å². The van der Waals surface area contributed by atoms with Crippen LogP contribution in [0.3, 0.4) is 0 Å². The Morgan fingerprint density at radius 2 is 1.91 bits per heavy atom. The highest BCUT2D eigenvalue weighted by Gasteiger charge is 2.44. The smallest absolute Gasteiger partial charge is 0.228 e. The van der Waals surface area contributed by atoms with Crippen molar-refractivity contribution in [3.63, 3.8) is 0 Å². The third-order valence-electron chi connectivity index (χ3n) is 4.10. The van der Waals surface area contributed by atoms with E-state index in [4.69, 9.17) is 11.6 Å². The van der Waals surface area contributed by atoms with Gasteiger partial charge in [0.05, 0.1) is 6.10 Å². The fraction of sp³-hybridized carbons (Fsp3) is 0.278. The van der Waals surface area contributed by atoms with Crippen LogP contribution in [-0.2, 0) is 4.79 Å². The number of carbonyl (C=O) groups excluding carboxylic acids is 1. The van der Waals surface area contributed by atoms with E-state index < -0.39 is 6.10 Å². The van der Waals surface area contributed by atoms with Crippen molar-refractivity contribution in [3.05, 3.63) is 64.7 Å². The number of aliphatic hydroxyl groups excluding tert-OH is 1. The molecule has 2 N–H and O–H groups in total. The van der Waals surface area contributed by atoms with E-state index in [1.807, 2.05) is 48.5 Å². The van der Waals surface area contributed by atoms with E-state index in [1.54, 1.807) is 6.92 Å². The molecule has 0 bridgehead atoms. The van der Waals surface area contributed by atoms with Crippen molar-refractivity contribution in [2.24, 2.45) is 5.92 Å². The SMILES string of the molecule is CC(O)c1ccccc1NC(=O)C1CC1c1ccccc1Cl. The van der Waals surface area contributed by atoms with Gasteiger partial charge in [-0.15, -0.1) is 0 Å². The number of anilines is 1. The molecular formula is C18H18ClNO2. The first kappa shape index (κ1) is 15.1. The van der Waals surface area contributed by atoms with Crippen molar-refractivity contribution in [1.29, 1.82) is 0 Å². The van der Waals surface area contributed by atoms with Crippen LogP contribution in [0.1, 0.15) is 36.5 Å². The highest BCUT2D eigenvalue weighted by molar-refractivity contribution is 6.31. The van der Waals surface area contributed by atoms with Gasteiger partial charge in [-0.3, -0.25) is 4.79 Å². The molecule has 0 aliphatic heterocycles. The lowest BCUT2D eigenvalue weighted by molar-refractivity contribution is -0.117. The lowest BCUT2D eigenvalue weighted by Gasteiger charge is -2.13. The molecule has 0 radical (unpaired) electrons. The van der Waals surface area contributed by atoms with Gasteiger partial charge < -0.3 is 10.4 Å². The zero-order valence-corrected chi connectivity index (χ0v) is 13.0. The van der Waals surface area contributed by atoms with Gasteiger partial charge in [0.25, 0.3) is 0 Å². The molecule has 3 rings (SSSR count). The Hall–Kier alpha value is -1.84. The minimum atomic E-state index is -0.616. The summed E-state index contributed by atoms with van der Waals surface area (Å²) in [4.78, 5) is 12.4. The van der Waals surface area contributed by atoms with Gasteiger partial charge in [-0.1, -0.05) is 48.0 Å². The predicted molar refractivity (Wildman–Crippen MR) is 88.0 cm³/mol. The van der Waals surface area contributed by atoms with E-state index in [-0.39, 0.29) is 17.7 Å². The highest BCUT2D eigenvalue weighted by atomic mass is 35.5. The second-order valence-electron chi connectivity index (χ2n) is 5.72. The van der Waals surface area contributed by atoms with Crippen LogP contribution in [0.4, 0.5) is 5.69 Å². The highest BCUT2D eigenvalue weighted by Crippen LogP contribution is 2.50. The van der Waals surface area contributed by atoms with Crippen LogP contribution in [-0.4, -0.2) is 11.0 Å². The molecular weight excluding hydrogens is 298 g/mol. The van der Waals surface area contributed by atoms with E-state index in [0.29, 0.717) is 10.7 Å². The molecule has 2 aromatic carbocycles. The number of aliphatic hydroxyl groups is 1. The lowest BCUT2D eigenvalue weighted by Crippen LogP contribution is -2.16. The summed E-state index contributed by atoms with van der Waals surface area (Å²) < 4.78 is 0. The van der Waals surface area contributed by atoms with Crippen LogP contribution in [0.25, 0.3) is 0 Å². The molecule has 1 aliphatic carbocycles. The molecule has 1 fully saturated rings. The van der Waals surface area contributed by atoms with Crippen LogP contribution < -0.4 is 5.32 Å². The summed E-state index contributed by atoms with van der Waals surface area (Å²) in [5.41, 5.74) is 2.44. The Kier molecular flexibility index (Phi) is 4.19. The van der Waals surface area contributed by atoms with Crippen molar-refractivity contribution in [2.75, 3.05) is 5.32 Å². The van der Waals surface area contributed by atoms with E-state index in [1.165, 1.54) is 0 Å². The molecule has 0 saturated heterocycles. The number of rotatable bonds is 4. The monoisotopic (exact) mass is 315 g/mol. The first-order valence-electron chi connectivity index (χ1n) is 7.40. The number of amides is 1. The summed E-state index contributed by atoms with van der Waals surface area (Å²) in [7, 11) is 0. The van der Waals surface area contributed by atoms with Gasteiger partial charge >= 0.3 is 0 Å². The first-order chi connectivity index (χ1) is 10.6. The van der Waals surface area contributed by atoms with Crippen LogP contribution in [0.2, 0.25) is 5.02 Å². The number of benzene rings is 2. The van der Waals surface area contributed by atoms with Gasteiger partial charge in [0.15, 0.2) is 0 Å². The maximum atomic E-state index is 12.4. The maximum absolute atomic E-state index is 12.4. The summed E-state index contributed by atoms with van der Waals surface area (Å²) in [5.74, 6) is 0.118. The van der Waals surface area contributed by atoms with Crippen LogP contribution in [0, 0.1) is 5.92 Å². The molecule has 0 spiro atoms. The van der Waals surface area contributed by atoms with Crippen molar-refractivity contribution < 1.29 is 9.90 Å². The van der Waals surface area contributed by atoms with E-state index in [9.17, 15) is 9.90 Å². The second kappa shape index (κ2) is 6.11.